The Hall–Kier alpha value is -4.18. The fraction of sp³-hybridized carbons (Fsp3) is 0.160. The number of ether oxygens (including phenoxy) is 2. The number of aryl methyl sites for hydroxylation is 1. The number of methoxy groups -OCH3 is 2. The Kier molecular flexibility index (Phi) is 7.87. The van der Waals surface area contributed by atoms with Crippen molar-refractivity contribution in [1.82, 2.24) is 0 Å². The Morgan fingerprint density at radius 2 is 1.37 bits per heavy atom. The zero-order valence-corrected chi connectivity index (χ0v) is 20.2. The van der Waals surface area contributed by atoms with Gasteiger partial charge in [0, 0.05) is 5.69 Å². The van der Waals surface area contributed by atoms with Crippen molar-refractivity contribution in [3.63, 3.8) is 0 Å². The lowest BCUT2D eigenvalue weighted by Gasteiger charge is -2.24. The van der Waals surface area contributed by atoms with E-state index < -0.39 is 34.4 Å². The molecule has 10 heteroatoms. The Morgan fingerprint density at radius 1 is 0.829 bits per heavy atom. The predicted molar refractivity (Wildman–Crippen MR) is 130 cm³/mol. The van der Waals surface area contributed by atoms with Crippen molar-refractivity contribution in [2.75, 3.05) is 30.4 Å². The number of anilines is 2. The van der Waals surface area contributed by atoms with Gasteiger partial charge in [-0.3, -0.25) is 9.10 Å². The molecule has 0 saturated carbocycles. The van der Waals surface area contributed by atoms with E-state index in [2.05, 4.69) is 5.32 Å². The third kappa shape index (κ3) is 6.04. The SMILES string of the molecule is COC(=O)c1cc(NC(=O)CN(c2ccc(C)cc2)S(=O)(=O)c2ccccc2)cc(C(=O)OC)c1. The summed E-state index contributed by atoms with van der Waals surface area (Å²) in [5.41, 5.74) is 1.34. The molecular formula is C25H24N2O7S. The zero-order chi connectivity index (χ0) is 25.6. The third-order valence-electron chi connectivity index (χ3n) is 5.00. The van der Waals surface area contributed by atoms with Gasteiger partial charge in [-0.15, -0.1) is 0 Å². The molecule has 3 aromatic rings. The first-order valence-corrected chi connectivity index (χ1v) is 11.9. The molecule has 0 atom stereocenters. The van der Waals surface area contributed by atoms with Crippen LogP contribution in [0.25, 0.3) is 0 Å². The minimum absolute atomic E-state index is 0.0120. The molecule has 3 aromatic carbocycles. The number of carbonyl (C=O) groups is 3. The number of benzene rings is 3. The number of rotatable bonds is 8. The summed E-state index contributed by atoms with van der Waals surface area (Å²) >= 11 is 0. The van der Waals surface area contributed by atoms with Gasteiger partial charge < -0.3 is 14.8 Å². The van der Waals surface area contributed by atoms with Crippen LogP contribution in [0.2, 0.25) is 0 Å². The quantitative estimate of drug-likeness (QED) is 0.475. The first-order chi connectivity index (χ1) is 16.6. The highest BCUT2D eigenvalue weighted by molar-refractivity contribution is 7.92. The Balaban J connectivity index is 1.96. The largest absolute Gasteiger partial charge is 0.465 e. The summed E-state index contributed by atoms with van der Waals surface area (Å²) in [4.78, 5) is 37.1. The van der Waals surface area contributed by atoms with Crippen LogP contribution in [-0.4, -0.2) is 47.0 Å². The smallest absolute Gasteiger partial charge is 0.337 e. The van der Waals surface area contributed by atoms with Gasteiger partial charge in [-0.25, -0.2) is 18.0 Å². The maximum Gasteiger partial charge on any atom is 0.337 e. The van der Waals surface area contributed by atoms with Gasteiger partial charge in [0.05, 0.1) is 35.9 Å². The summed E-state index contributed by atoms with van der Waals surface area (Å²) in [6, 6.07) is 18.4. The Labute approximate surface area is 203 Å². The number of hydrogen-bond acceptors (Lipinski definition) is 7. The molecule has 0 aliphatic rings. The predicted octanol–water partition coefficient (Wildman–Crippen LogP) is 3.40. The molecule has 0 aliphatic heterocycles. The molecular weight excluding hydrogens is 472 g/mol. The third-order valence-corrected chi connectivity index (χ3v) is 6.79. The first-order valence-electron chi connectivity index (χ1n) is 10.4. The van der Waals surface area contributed by atoms with Crippen molar-refractivity contribution in [1.29, 1.82) is 0 Å². The fourth-order valence-electron chi connectivity index (χ4n) is 3.25. The molecule has 3 rings (SSSR count). The standard InChI is InChI=1S/C25H24N2O7S/c1-17-9-11-21(12-10-17)27(35(31,32)22-7-5-4-6-8-22)16-23(28)26-20-14-18(24(29)33-2)13-19(15-20)25(30)34-3/h4-15H,16H2,1-3H3,(H,26,28). The highest BCUT2D eigenvalue weighted by Crippen LogP contribution is 2.24. The molecule has 0 aromatic heterocycles. The van der Waals surface area contributed by atoms with Crippen molar-refractivity contribution in [2.24, 2.45) is 0 Å². The van der Waals surface area contributed by atoms with Crippen LogP contribution in [0.15, 0.2) is 77.7 Å². The number of carbonyl (C=O) groups excluding carboxylic acids is 3. The summed E-state index contributed by atoms with van der Waals surface area (Å²) in [5, 5.41) is 2.56. The molecule has 0 aliphatic carbocycles. The van der Waals surface area contributed by atoms with Crippen LogP contribution in [0.1, 0.15) is 26.3 Å². The average molecular weight is 497 g/mol. The van der Waals surface area contributed by atoms with Crippen LogP contribution in [0.4, 0.5) is 11.4 Å². The van der Waals surface area contributed by atoms with E-state index in [1.807, 2.05) is 6.92 Å². The molecule has 0 saturated heterocycles. The van der Waals surface area contributed by atoms with E-state index in [9.17, 15) is 22.8 Å². The van der Waals surface area contributed by atoms with Gasteiger partial charge in [0.15, 0.2) is 0 Å². The number of nitrogens with zero attached hydrogens (tertiary/aromatic N) is 1. The van der Waals surface area contributed by atoms with Crippen molar-refractivity contribution in [3.05, 3.63) is 89.5 Å². The second-order valence-electron chi connectivity index (χ2n) is 7.49. The summed E-state index contributed by atoms with van der Waals surface area (Å²) in [6.07, 6.45) is 0. The molecule has 0 radical (unpaired) electrons. The van der Waals surface area contributed by atoms with Gasteiger partial charge in [-0.1, -0.05) is 35.9 Å². The van der Waals surface area contributed by atoms with Crippen LogP contribution in [0.3, 0.4) is 0 Å². The topological polar surface area (TPSA) is 119 Å². The molecule has 35 heavy (non-hydrogen) atoms. The number of nitrogens with one attached hydrogen (secondary N) is 1. The van der Waals surface area contributed by atoms with Crippen molar-refractivity contribution in [2.45, 2.75) is 11.8 Å². The molecule has 9 nitrogen and oxygen atoms in total. The summed E-state index contributed by atoms with van der Waals surface area (Å²) in [7, 11) is -1.72. The molecule has 1 amide bonds. The van der Waals surface area contributed by atoms with E-state index in [1.165, 1.54) is 44.6 Å². The van der Waals surface area contributed by atoms with Crippen LogP contribution in [0, 0.1) is 6.92 Å². The normalized spacial score (nSPS) is 10.8. The van der Waals surface area contributed by atoms with E-state index in [-0.39, 0.29) is 21.7 Å². The van der Waals surface area contributed by atoms with Crippen LogP contribution < -0.4 is 9.62 Å². The van der Waals surface area contributed by atoms with Crippen molar-refractivity contribution in [3.8, 4) is 0 Å². The lowest BCUT2D eigenvalue weighted by molar-refractivity contribution is -0.114. The Morgan fingerprint density at radius 3 is 1.89 bits per heavy atom. The maximum atomic E-state index is 13.4. The molecule has 1 N–H and O–H groups in total. The maximum absolute atomic E-state index is 13.4. The van der Waals surface area contributed by atoms with E-state index in [4.69, 9.17) is 9.47 Å². The molecule has 182 valence electrons. The summed E-state index contributed by atoms with van der Waals surface area (Å²) in [6.45, 7) is 1.30. The number of sulfonamides is 1. The molecule has 0 heterocycles. The molecule has 0 spiro atoms. The average Bonchev–Trinajstić information content (AvgIpc) is 2.87. The number of hydrogen-bond donors (Lipinski definition) is 1. The van der Waals surface area contributed by atoms with Gasteiger partial charge >= 0.3 is 11.9 Å². The monoisotopic (exact) mass is 496 g/mol. The van der Waals surface area contributed by atoms with Gasteiger partial charge in [-0.2, -0.15) is 0 Å². The van der Waals surface area contributed by atoms with Crippen LogP contribution in [-0.2, 0) is 24.3 Å². The van der Waals surface area contributed by atoms with Gasteiger partial charge in [0.2, 0.25) is 5.91 Å². The van der Waals surface area contributed by atoms with Gasteiger partial charge in [-0.05, 0) is 49.4 Å². The molecule has 0 bridgehead atoms. The van der Waals surface area contributed by atoms with E-state index in [0.717, 1.165) is 9.87 Å². The zero-order valence-electron chi connectivity index (χ0n) is 19.3. The van der Waals surface area contributed by atoms with Crippen molar-refractivity contribution >= 4 is 39.2 Å². The van der Waals surface area contributed by atoms with Gasteiger partial charge in [0.1, 0.15) is 6.54 Å². The van der Waals surface area contributed by atoms with Crippen LogP contribution in [0.5, 0.6) is 0 Å². The Bertz CT molecular complexity index is 1300. The van der Waals surface area contributed by atoms with E-state index >= 15 is 0 Å². The fourth-order valence-corrected chi connectivity index (χ4v) is 4.69. The lowest BCUT2D eigenvalue weighted by atomic mass is 10.1. The second kappa shape index (κ2) is 10.8. The van der Waals surface area contributed by atoms with Crippen LogP contribution >= 0.6 is 0 Å². The molecule has 0 unspecified atom stereocenters. The lowest BCUT2D eigenvalue weighted by Crippen LogP contribution is -2.38. The highest BCUT2D eigenvalue weighted by Gasteiger charge is 2.27. The second-order valence-corrected chi connectivity index (χ2v) is 9.35. The minimum Gasteiger partial charge on any atom is -0.465 e. The van der Waals surface area contributed by atoms with E-state index in [1.54, 1.807) is 42.5 Å². The summed E-state index contributed by atoms with van der Waals surface area (Å²) < 4.78 is 37.2. The van der Waals surface area contributed by atoms with Crippen molar-refractivity contribution < 1.29 is 32.3 Å². The number of esters is 2. The molecule has 0 fully saturated rings. The van der Waals surface area contributed by atoms with E-state index in [0.29, 0.717) is 5.69 Å². The minimum atomic E-state index is -4.08. The summed E-state index contributed by atoms with van der Waals surface area (Å²) in [5.74, 6) is -2.14. The van der Waals surface area contributed by atoms with Gasteiger partial charge in [0.25, 0.3) is 10.0 Å². The number of amides is 1. The first kappa shape index (κ1) is 25.4. The highest BCUT2D eigenvalue weighted by atomic mass is 32.2.